The molecule has 1 fully saturated rings. The van der Waals surface area contributed by atoms with Gasteiger partial charge in [0.15, 0.2) is 5.69 Å². The van der Waals surface area contributed by atoms with Crippen molar-refractivity contribution in [2.24, 2.45) is 0 Å². The lowest BCUT2D eigenvalue weighted by atomic mass is 10.1. The first kappa shape index (κ1) is 23.4. The molecule has 1 N–H and O–H groups in total. The molecule has 10 heteroatoms. The molecule has 1 amide bonds. The van der Waals surface area contributed by atoms with E-state index in [0.29, 0.717) is 42.3 Å². The van der Waals surface area contributed by atoms with Crippen LogP contribution < -0.4 is 5.32 Å². The third kappa shape index (κ3) is 5.40. The standard InChI is InChI=1S/C23H25ClF3N5O/c1-14-21(24)15(2)32(29-14)13-16-5-3-6-18(11-16)22(33)28-9-4-10-31-19(17-7-8-17)12-20(30-31)23(25,26)27/h3,5-6,11-12,17H,4,7-10,13H2,1-2H3,(H,28,33). The molecular formula is C23H25ClF3N5O. The van der Waals surface area contributed by atoms with Gasteiger partial charge in [-0.3, -0.25) is 14.2 Å². The van der Waals surface area contributed by atoms with Gasteiger partial charge < -0.3 is 5.32 Å². The molecule has 0 radical (unpaired) electrons. The van der Waals surface area contributed by atoms with E-state index >= 15 is 0 Å². The predicted octanol–water partition coefficient (Wildman–Crippen LogP) is 5.11. The van der Waals surface area contributed by atoms with Crippen LogP contribution in [0, 0.1) is 13.8 Å². The molecule has 1 aliphatic carbocycles. The zero-order valence-electron chi connectivity index (χ0n) is 18.4. The van der Waals surface area contributed by atoms with E-state index in [1.165, 1.54) is 4.68 Å². The van der Waals surface area contributed by atoms with Crippen molar-refractivity contribution >= 4 is 17.5 Å². The summed E-state index contributed by atoms with van der Waals surface area (Å²) in [4.78, 5) is 12.6. The maximum atomic E-state index is 13.0. The van der Waals surface area contributed by atoms with Crippen LogP contribution in [0.3, 0.4) is 0 Å². The first-order valence-electron chi connectivity index (χ1n) is 10.8. The molecular weight excluding hydrogens is 455 g/mol. The number of nitrogens with one attached hydrogen (secondary N) is 1. The summed E-state index contributed by atoms with van der Waals surface area (Å²) >= 11 is 6.21. The Morgan fingerprint density at radius 1 is 1.18 bits per heavy atom. The van der Waals surface area contributed by atoms with Crippen molar-refractivity contribution in [3.05, 3.63) is 69.3 Å². The van der Waals surface area contributed by atoms with Gasteiger partial charge in [0.2, 0.25) is 0 Å². The topological polar surface area (TPSA) is 64.7 Å². The molecule has 0 saturated heterocycles. The van der Waals surface area contributed by atoms with Crippen molar-refractivity contribution in [2.45, 2.75) is 58.3 Å². The quantitative estimate of drug-likeness (QED) is 0.456. The maximum absolute atomic E-state index is 13.0. The maximum Gasteiger partial charge on any atom is 0.435 e. The van der Waals surface area contributed by atoms with E-state index in [1.54, 1.807) is 16.8 Å². The van der Waals surface area contributed by atoms with Crippen molar-refractivity contribution < 1.29 is 18.0 Å². The molecule has 2 aromatic heterocycles. The van der Waals surface area contributed by atoms with Gasteiger partial charge >= 0.3 is 6.18 Å². The number of rotatable bonds is 8. The van der Waals surface area contributed by atoms with E-state index in [0.717, 1.165) is 35.9 Å². The molecule has 3 aromatic rings. The minimum Gasteiger partial charge on any atom is -0.352 e. The van der Waals surface area contributed by atoms with E-state index in [4.69, 9.17) is 11.6 Å². The minimum absolute atomic E-state index is 0.156. The molecule has 4 rings (SSSR count). The number of benzene rings is 1. The monoisotopic (exact) mass is 479 g/mol. The van der Waals surface area contributed by atoms with Gasteiger partial charge in [0.25, 0.3) is 5.91 Å². The number of halogens is 4. The van der Waals surface area contributed by atoms with Crippen LogP contribution in [0.1, 0.15) is 63.9 Å². The molecule has 0 bridgehead atoms. The highest BCUT2D eigenvalue weighted by Crippen LogP contribution is 2.42. The summed E-state index contributed by atoms with van der Waals surface area (Å²) in [5.74, 6) is -0.0786. The van der Waals surface area contributed by atoms with Crippen LogP contribution >= 0.6 is 11.6 Å². The van der Waals surface area contributed by atoms with Crippen molar-refractivity contribution in [1.29, 1.82) is 0 Å². The van der Waals surface area contributed by atoms with Crippen molar-refractivity contribution in [2.75, 3.05) is 6.54 Å². The zero-order valence-corrected chi connectivity index (χ0v) is 19.2. The van der Waals surface area contributed by atoms with Crippen molar-refractivity contribution in [3.63, 3.8) is 0 Å². The molecule has 0 atom stereocenters. The fourth-order valence-corrected chi connectivity index (χ4v) is 3.94. The number of carbonyl (C=O) groups is 1. The Morgan fingerprint density at radius 2 is 1.94 bits per heavy atom. The summed E-state index contributed by atoms with van der Waals surface area (Å²) in [7, 11) is 0. The van der Waals surface area contributed by atoms with E-state index < -0.39 is 11.9 Å². The summed E-state index contributed by atoms with van der Waals surface area (Å²) in [6.07, 6.45) is -2.19. The van der Waals surface area contributed by atoms with Gasteiger partial charge in [0, 0.05) is 30.3 Å². The first-order chi connectivity index (χ1) is 15.6. The van der Waals surface area contributed by atoms with Gasteiger partial charge in [-0.1, -0.05) is 23.7 Å². The average molecular weight is 480 g/mol. The Balaban J connectivity index is 1.33. The second kappa shape index (κ2) is 9.21. The van der Waals surface area contributed by atoms with Crippen LogP contribution in [0.2, 0.25) is 5.02 Å². The summed E-state index contributed by atoms with van der Waals surface area (Å²) in [6.45, 7) is 4.88. The number of hydrogen-bond donors (Lipinski definition) is 1. The number of alkyl halides is 3. The Bertz CT molecular complexity index is 1160. The lowest BCUT2D eigenvalue weighted by Crippen LogP contribution is -2.25. The van der Waals surface area contributed by atoms with Crippen LogP contribution in [0.25, 0.3) is 0 Å². The van der Waals surface area contributed by atoms with Gasteiger partial charge in [-0.2, -0.15) is 23.4 Å². The van der Waals surface area contributed by atoms with Gasteiger partial charge in [0.05, 0.1) is 23.0 Å². The van der Waals surface area contributed by atoms with Gasteiger partial charge in [-0.25, -0.2) is 0 Å². The highest BCUT2D eigenvalue weighted by atomic mass is 35.5. The fourth-order valence-electron chi connectivity index (χ4n) is 3.80. The van der Waals surface area contributed by atoms with Crippen molar-refractivity contribution in [1.82, 2.24) is 24.9 Å². The molecule has 176 valence electrons. The van der Waals surface area contributed by atoms with Gasteiger partial charge in [-0.05, 0) is 56.9 Å². The van der Waals surface area contributed by atoms with Crippen LogP contribution in [-0.4, -0.2) is 32.0 Å². The highest BCUT2D eigenvalue weighted by molar-refractivity contribution is 6.31. The SMILES string of the molecule is Cc1nn(Cc2cccc(C(=O)NCCCn3nc(C(F)(F)F)cc3C3CC3)c2)c(C)c1Cl. The predicted molar refractivity (Wildman–Crippen MR) is 118 cm³/mol. The summed E-state index contributed by atoms with van der Waals surface area (Å²) < 4.78 is 42.3. The third-order valence-corrected chi connectivity index (χ3v) is 6.29. The Labute approximate surface area is 194 Å². The highest BCUT2D eigenvalue weighted by Gasteiger charge is 2.37. The molecule has 0 spiro atoms. The van der Waals surface area contributed by atoms with E-state index in [9.17, 15) is 18.0 Å². The molecule has 6 nitrogen and oxygen atoms in total. The molecule has 1 aromatic carbocycles. The molecule has 0 aliphatic heterocycles. The second-order valence-electron chi connectivity index (χ2n) is 8.40. The zero-order chi connectivity index (χ0) is 23.8. The van der Waals surface area contributed by atoms with Crippen LogP contribution in [0.15, 0.2) is 30.3 Å². The first-order valence-corrected chi connectivity index (χ1v) is 11.2. The number of hydrogen-bond acceptors (Lipinski definition) is 3. The van der Waals surface area contributed by atoms with Gasteiger partial charge in [-0.15, -0.1) is 0 Å². The van der Waals surface area contributed by atoms with Crippen LogP contribution in [-0.2, 0) is 19.3 Å². The minimum atomic E-state index is -4.45. The van der Waals surface area contributed by atoms with Crippen LogP contribution in [0.5, 0.6) is 0 Å². The number of carbonyl (C=O) groups excluding carboxylic acids is 1. The van der Waals surface area contributed by atoms with E-state index in [2.05, 4.69) is 15.5 Å². The largest absolute Gasteiger partial charge is 0.435 e. The average Bonchev–Trinajstić information content (AvgIpc) is 3.47. The molecule has 33 heavy (non-hydrogen) atoms. The Kier molecular flexibility index (Phi) is 6.52. The molecule has 2 heterocycles. The Hall–Kier alpha value is -2.81. The molecule has 0 unspecified atom stereocenters. The number of amides is 1. The lowest BCUT2D eigenvalue weighted by molar-refractivity contribution is -0.141. The fraction of sp³-hybridized carbons (Fsp3) is 0.435. The summed E-state index contributed by atoms with van der Waals surface area (Å²) in [5, 5.41) is 11.6. The smallest absolute Gasteiger partial charge is 0.352 e. The van der Waals surface area contributed by atoms with E-state index in [1.807, 2.05) is 26.0 Å². The number of aryl methyl sites for hydroxylation is 2. The molecule has 1 aliphatic rings. The van der Waals surface area contributed by atoms with Gasteiger partial charge in [0.1, 0.15) is 0 Å². The lowest BCUT2D eigenvalue weighted by Gasteiger charge is -2.10. The molecule has 1 saturated carbocycles. The van der Waals surface area contributed by atoms with E-state index in [-0.39, 0.29) is 11.8 Å². The normalized spacial score (nSPS) is 14.0. The van der Waals surface area contributed by atoms with Crippen molar-refractivity contribution in [3.8, 4) is 0 Å². The number of aromatic nitrogens is 4. The second-order valence-corrected chi connectivity index (χ2v) is 8.78. The third-order valence-electron chi connectivity index (χ3n) is 5.74. The van der Waals surface area contributed by atoms with Crippen LogP contribution in [0.4, 0.5) is 13.2 Å². The summed E-state index contributed by atoms with van der Waals surface area (Å²) in [5.41, 5.74) is 2.82. The Morgan fingerprint density at radius 3 is 2.58 bits per heavy atom. The summed E-state index contributed by atoms with van der Waals surface area (Å²) in [6, 6.07) is 8.39. The number of nitrogens with zero attached hydrogens (tertiary/aromatic N) is 4.